The van der Waals surface area contributed by atoms with Crippen molar-refractivity contribution in [3.05, 3.63) is 28.2 Å². The normalized spacial score (nSPS) is 11.2. The molecule has 0 radical (unpaired) electrons. The molecule has 0 bridgehead atoms. The standard InChI is InChI=1S/C10H13BrN2O4S/c1-12-18(16,17)6-5-13-8-4-2-3-7(11)9(8)10(14)15/h2-4,12-13H,5-6H2,1H3,(H,14,15). The summed E-state index contributed by atoms with van der Waals surface area (Å²) in [5.41, 5.74) is 0.461. The Morgan fingerprint density at radius 2 is 2.11 bits per heavy atom. The van der Waals surface area contributed by atoms with Crippen LogP contribution in [0, 0.1) is 0 Å². The molecular formula is C10H13BrN2O4S. The van der Waals surface area contributed by atoms with Crippen molar-refractivity contribution in [1.29, 1.82) is 0 Å². The quantitative estimate of drug-likeness (QED) is 0.723. The first kappa shape index (κ1) is 14.9. The first-order valence-corrected chi connectivity index (χ1v) is 7.49. The summed E-state index contributed by atoms with van der Waals surface area (Å²) in [6, 6.07) is 4.87. The minimum absolute atomic E-state index is 0.0827. The molecule has 18 heavy (non-hydrogen) atoms. The van der Waals surface area contributed by atoms with Crippen LogP contribution in [0.2, 0.25) is 0 Å². The van der Waals surface area contributed by atoms with Gasteiger partial charge in [0.15, 0.2) is 0 Å². The van der Waals surface area contributed by atoms with Gasteiger partial charge >= 0.3 is 5.97 Å². The summed E-state index contributed by atoms with van der Waals surface area (Å²) in [4.78, 5) is 11.1. The Hall–Kier alpha value is -1.12. The lowest BCUT2D eigenvalue weighted by Crippen LogP contribution is -2.26. The van der Waals surface area contributed by atoms with Crippen molar-refractivity contribution in [2.24, 2.45) is 0 Å². The molecule has 3 N–H and O–H groups in total. The third-order valence-corrected chi connectivity index (χ3v) is 4.25. The van der Waals surface area contributed by atoms with Crippen LogP contribution in [0.15, 0.2) is 22.7 Å². The van der Waals surface area contributed by atoms with E-state index < -0.39 is 16.0 Å². The molecular weight excluding hydrogens is 324 g/mol. The van der Waals surface area contributed by atoms with Gasteiger partial charge in [-0.15, -0.1) is 0 Å². The van der Waals surface area contributed by atoms with Gasteiger partial charge in [-0.3, -0.25) is 0 Å². The molecule has 0 saturated carbocycles. The van der Waals surface area contributed by atoms with Crippen molar-refractivity contribution in [2.45, 2.75) is 0 Å². The van der Waals surface area contributed by atoms with Crippen LogP contribution < -0.4 is 10.0 Å². The van der Waals surface area contributed by atoms with Gasteiger partial charge in [-0.2, -0.15) is 0 Å². The lowest BCUT2D eigenvalue weighted by Gasteiger charge is -2.10. The van der Waals surface area contributed by atoms with Gasteiger partial charge in [0.1, 0.15) is 0 Å². The Bertz CT molecular complexity index is 545. The van der Waals surface area contributed by atoms with Crippen LogP contribution in [0.1, 0.15) is 10.4 Å². The Balaban J connectivity index is 2.80. The van der Waals surface area contributed by atoms with Crippen LogP contribution in [-0.2, 0) is 10.0 Å². The molecule has 1 aromatic rings. The van der Waals surface area contributed by atoms with Gasteiger partial charge in [0.25, 0.3) is 0 Å². The number of carboxylic acids is 1. The van der Waals surface area contributed by atoms with E-state index in [0.717, 1.165) is 0 Å². The molecule has 0 aromatic heterocycles. The molecule has 1 aromatic carbocycles. The number of hydrogen-bond donors (Lipinski definition) is 3. The number of hydrogen-bond acceptors (Lipinski definition) is 4. The zero-order valence-electron chi connectivity index (χ0n) is 9.60. The summed E-state index contributed by atoms with van der Waals surface area (Å²) < 4.78 is 25.0. The third kappa shape index (κ3) is 3.97. The Labute approximate surface area is 114 Å². The molecule has 0 saturated heterocycles. The van der Waals surface area contributed by atoms with Crippen molar-refractivity contribution in [3.8, 4) is 0 Å². The first-order valence-electron chi connectivity index (χ1n) is 5.04. The number of carboxylic acid groups (broad SMARTS) is 1. The minimum atomic E-state index is -3.30. The Morgan fingerprint density at radius 1 is 1.44 bits per heavy atom. The predicted octanol–water partition coefficient (Wildman–Crippen LogP) is 1.11. The molecule has 0 fully saturated rings. The molecule has 0 unspecified atom stereocenters. The zero-order chi connectivity index (χ0) is 13.8. The first-order chi connectivity index (χ1) is 8.37. The smallest absolute Gasteiger partial charge is 0.338 e. The van der Waals surface area contributed by atoms with E-state index in [0.29, 0.717) is 10.2 Å². The maximum Gasteiger partial charge on any atom is 0.338 e. The highest BCUT2D eigenvalue weighted by atomic mass is 79.9. The molecule has 8 heteroatoms. The maximum atomic E-state index is 11.2. The van der Waals surface area contributed by atoms with Crippen LogP contribution in [-0.4, -0.2) is 38.8 Å². The highest BCUT2D eigenvalue weighted by Crippen LogP contribution is 2.24. The van der Waals surface area contributed by atoms with E-state index in [9.17, 15) is 13.2 Å². The molecule has 0 atom stereocenters. The second kappa shape index (κ2) is 6.17. The average Bonchev–Trinajstić information content (AvgIpc) is 2.28. The van der Waals surface area contributed by atoms with Crippen molar-refractivity contribution < 1.29 is 18.3 Å². The second-order valence-electron chi connectivity index (χ2n) is 3.42. The fourth-order valence-corrected chi connectivity index (χ4v) is 2.42. The van der Waals surface area contributed by atoms with E-state index in [1.165, 1.54) is 7.05 Å². The SMILES string of the molecule is CNS(=O)(=O)CCNc1cccc(Br)c1C(=O)O. The van der Waals surface area contributed by atoms with Crippen molar-refractivity contribution in [3.63, 3.8) is 0 Å². The van der Waals surface area contributed by atoms with Gasteiger partial charge in [-0.25, -0.2) is 17.9 Å². The third-order valence-electron chi connectivity index (χ3n) is 2.22. The second-order valence-corrected chi connectivity index (χ2v) is 6.32. The van der Waals surface area contributed by atoms with Crippen LogP contribution in [0.4, 0.5) is 5.69 Å². The zero-order valence-corrected chi connectivity index (χ0v) is 12.0. The van der Waals surface area contributed by atoms with E-state index in [-0.39, 0.29) is 17.9 Å². The summed E-state index contributed by atoms with van der Waals surface area (Å²) >= 11 is 3.14. The fraction of sp³-hybridized carbons (Fsp3) is 0.300. The fourth-order valence-electron chi connectivity index (χ4n) is 1.31. The van der Waals surface area contributed by atoms with Crippen LogP contribution in [0.3, 0.4) is 0 Å². The Morgan fingerprint density at radius 3 is 2.67 bits per heavy atom. The number of aromatic carboxylic acids is 1. The monoisotopic (exact) mass is 336 g/mol. The average molecular weight is 337 g/mol. The van der Waals surface area contributed by atoms with Gasteiger partial charge < -0.3 is 10.4 Å². The highest BCUT2D eigenvalue weighted by molar-refractivity contribution is 9.10. The number of nitrogens with one attached hydrogen (secondary N) is 2. The van der Waals surface area contributed by atoms with Crippen LogP contribution in [0.5, 0.6) is 0 Å². The van der Waals surface area contributed by atoms with Crippen LogP contribution >= 0.6 is 15.9 Å². The topological polar surface area (TPSA) is 95.5 Å². The number of benzene rings is 1. The molecule has 100 valence electrons. The van der Waals surface area contributed by atoms with E-state index in [4.69, 9.17) is 5.11 Å². The number of anilines is 1. The summed E-state index contributed by atoms with van der Waals surface area (Å²) in [6.07, 6.45) is 0. The molecule has 0 amide bonds. The number of halogens is 1. The van der Waals surface area contributed by atoms with Gasteiger partial charge in [0.05, 0.1) is 11.3 Å². The van der Waals surface area contributed by atoms with Crippen molar-refractivity contribution in [1.82, 2.24) is 4.72 Å². The van der Waals surface area contributed by atoms with Crippen molar-refractivity contribution >= 4 is 37.6 Å². The number of carbonyl (C=O) groups is 1. The Kier molecular flexibility index (Phi) is 5.12. The minimum Gasteiger partial charge on any atom is -0.478 e. The van der Waals surface area contributed by atoms with E-state index in [2.05, 4.69) is 26.0 Å². The largest absolute Gasteiger partial charge is 0.478 e. The molecule has 0 aliphatic heterocycles. The lowest BCUT2D eigenvalue weighted by molar-refractivity contribution is 0.0697. The summed E-state index contributed by atoms with van der Waals surface area (Å²) in [5, 5.41) is 11.8. The predicted molar refractivity (Wildman–Crippen MR) is 72.4 cm³/mol. The summed E-state index contributed by atoms with van der Waals surface area (Å²) in [6.45, 7) is 0.125. The van der Waals surface area contributed by atoms with Gasteiger partial charge in [0, 0.05) is 16.7 Å². The molecule has 0 heterocycles. The van der Waals surface area contributed by atoms with E-state index >= 15 is 0 Å². The molecule has 0 spiro atoms. The molecule has 0 aliphatic carbocycles. The van der Waals surface area contributed by atoms with Crippen molar-refractivity contribution in [2.75, 3.05) is 24.7 Å². The van der Waals surface area contributed by atoms with E-state index in [1.54, 1.807) is 18.2 Å². The molecule has 6 nitrogen and oxygen atoms in total. The number of rotatable bonds is 6. The highest BCUT2D eigenvalue weighted by Gasteiger charge is 2.14. The van der Waals surface area contributed by atoms with Gasteiger partial charge in [0.2, 0.25) is 10.0 Å². The summed E-state index contributed by atoms with van der Waals surface area (Å²) in [7, 11) is -1.97. The summed E-state index contributed by atoms with van der Waals surface area (Å²) in [5.74, 6) is -1.21. The lowest BCUT2D eigenvalue weighted by atomic mass is 10.2. The molecule has 0 aliphatic rings. The van der Waals surface area contributed by atoms with Gasteiger partial charge in [-0.1, -0.05) is 6.07 Å². The van der Waals surface area contributed by atoms with E-state index in [1.807, 2.05) is 0 Å². The molecule has 1 rings (SSSR count). The maximum absolute atomic E-state index is 11.2. The number of sulfonamides is 1. The van der Waals surface area contributed by atoms with Gasteiger partial charge in [-0.05, 0) is 35.1 Å². The van der Waals surface area contributed by atoms with Crippen LogP contribution in [0.25, 0.3) is 0 Å².